The summed E-state index contributed by atoms with van der Waals surface area (Å²) >= 11 is 0. The summed E-state index contributed by atoms with van der Waals surface area (Å²) in [7, 11) is 0. The number of aromatic nitrogens is 2. The van der Waals surface area contributed by atoms with E-state index >= 15 is 0 Å². The third-order valence-electron chi connectivity index (χ3n) is 7.50. The Bertz CT molecular complexity index is 1930. The number of nitrogens with one attached hydrogen (secondary N) is 2. The van der Waals surface area contributed by atoms with Gasteiger partial charge in [-0.3, -0.25) is 9.59 Å². The van der Waals surface area contributed by atoms with Gasteiger partial charge in [-0.25, -0.2) is 4.68 Å². The molecule has 6 heteroatoms. The van der Waals surface area contributed by atoms with Gasteiger partial charge >= 0.3 is 0 Å². The van der Waals surface area contributed by atoms with Crippen LogP contribution in [0.15, 0.2) is 133 Å². The second-order valence-corrected chi connectivity index (χ2v) is 10.7. The summed E-state index contributed by atoms with van der Waals surface area (Å²) in [5.74, 6) is -0.451. The summed E-state index contributed by atoms with van der Waals surface area (Å²) in [4.78, 5) is 26.4. The number of carbonyl (C=O) groups excluding carboxylic acids is 2. The number of nitrogens with zero attached hydrogens (tertiary/aromatic N) is 2. The van der Waals surface area contributed by atoms with Crippen LogP contribution in [0.2, 0.25) is 0 Å². The van der Waals surface area contributed by atoms with Crippen LogP contribution in [0.4, 0.5) is 5.69 Å². The summed E-state index contributed by atoms with van der Waals surface area (Å²) in [5.41, 5.74) is 9.45. The third kappa shape index (κ3) is 6.20. The molecule has 2 N–H and O–H groups in total. The van der Waals surface area contributed by atoms with Crippen LogP contribution in [0.1, 0.15) is 37.5 Å². The van der Waals surface area contributed by atoms with Crippen molar-refractivity contribution in [1.29, 1.82) is 0 Å². The highest BCUT2D eigenvalue weighted by Gasteiger charge is 2.16. The molecular formula is C38H32N4O2. The lowest BCUT2D eigenvalue weighted by molar-refractivity contribution is 0.0949. The van der Waals surface area contributed by atoms with Gasteiger partial charge in [0, 0.05) is 28.9 Å². The zero-order valence-electron chi connectivity index (χ0n) is 24.6. The van der Waals surface area contributed by atoms with Crippen molar-refractivity contribution in [2.45, 2.75) is 20.4 Å². The van der Waals surface area contributed by atoms with E-state index in [1.54, 1.807) is 24.3 Å². The first-order valence-corrected chi connectivity index (χ1v) is 14.5. The monoisotopic (exact) mass is 576 g/mol. The Balaban J connectivity index is 1.12. The van der Waals surface area contributed by atoms with Gasteiger partial charge in [0.2, 0.25) is 0 Å². The number of rotatable bonds is 8. The molecule has 0 atom stereocenters. The molecule has 0 bridgehead atoms. The molecule has 6 nitrogen and oxygen atoms in total. The van der Waals surface area contributed by atoms with Crippen molar-refractivity contribution in [2.75, 3.05) is 5.32 Å². The topological polar surface area (TPSA) is 76.0 Å². The first-order chi connectivity index (χ1) is 21.5. The molecule has 6 aromatic rings. The van der Waals surface area contributed by atoms with Crippen molar-refractivity contribution in [3.8, 4) is 28.1 Å². The molecule has 216 valence electrons. The molecule has 5 aromatic carbocycles. The van der Waals surface area contributed by atoms with Crippen molar-refractivity contribution >= 4 is 17.5 Å². The maximum Gasteiger partial charge on any atom is 0.256 e. The lowest BCUT2D eigenvalue weighted by Crippen LogP contribution is -2.23. The number of amides is 2. The molecule has 0 aliphatic carbocycles. The summed E-state index contributed by atoms with van der Waals surface area (Å²) in [6.07, 6.45) is 0. The Labute approximate surface area is 257 Å². The van der Waals surface area contributed by atoms with E-state index in [1.165, 1.54) is 0 Å². The number of anilines is 1. The fraction of sp³-hybridized carbons (Fsp3) is 0.0789. The second kappa shape index (κ2) is 12.6. The van der Waals surface area contributed by atoms with Crippen LogP contribution >= 0.6 is 0 Å². The zero-order chi connectivity index (χ0) is 30.5. The molecule has 0 saturated carbocycles. The molecule has 0 unspecified atom stereocenters. The van der Waals surface area contributed by atoms with E-state index < -0.39 is 0 Å². The minimum atomic E-state index is -0.229. The molecule has 0 fully saturated rings. The molecule has 44 heavy (non-hydrogen) atoms. The van der Waals surface area contributed by atoms with Gasteiger partial charge in [0.1, 0.15) is 0 Å². The molecule has 2 amide bonds. The standard InChI is InChI=1S/C38H32N4O2/c1-26-11-9-18-34(36(26)30-14-7-4-8-15-30)38(44)40-32-17-10-16-31(24-32)37(43)39-25-28-19-21-33(22-20-28)42-35(23-27(2)41-42)29-12-5-3-6-13-29/h3-24H,25H2,1-2H3,(H,39,43)(H,40,44). The highest BCUT2D eigenvalue weighted by atomic mass is 16.2. The Morgan fingerprint density at radius 2 is 1.36 bits per heavy atom. The van der Waals surface area contributed by atoms with Gasteiger partial charge in [-0.15, -0.1) is 0 Å². The molecule has 0 aliphatic heterocycles. The predicted octanol–water partition coefficient (Wildman–Crippen LogP) is 8.01. The van der Waals surface area contributed by atoms with Crippen LogP contribution in [0, 0.1) is 13.8 Å². The van der Waals surface area contributed by atoms with Gasteiger partial charge in [-0.1, -0.05) is 91.0 Å². The average Bonchev–Trinajstić information content (AvgIpc) is 3.46. The van der Waals surface area contributed by atoms with Gasteiger partial charge in [0.05, 0.1) is 17.1 Å². The van der Waals surface area contributed by atoms with Crippen LogP contribution < -0.4 is 10.6 Å². The third-order valence-corrected chi connectivity index (χ3v) is 7.50. The van der Waals surface area contributed by atoms with Crippen LogP contribution in [0.5, 0.6) is 0 Å². The number of carbonyl (C=O) groups is 2. The van der Waals surface area contributed by atoms with E-state index in [0.29, 0.717) is 23.4 Å². The molecule has 0 saturated heterocycles. The van der Waals surface area contributed by atoms with Crippen LogP contribution in [-0.4, -0.2) is 21.6 Å². The fourth-order valence-corrected chi connectivity index (χ4v) is 5.33. The van der Waals surface area contributed by atoms with E-state index in [-0.39, 0.29) is 11.8 Å². The quantitative estimate of drug-likeness (QED) is 0.193. The predicted molar refractivity (Wildman–Crippen MR) is 176 cm³/mol. The first-order valence-electron chi connectivity index (χ1n) is 14.5. The zero-order valence-corrected chi connectivity index (χ0v) is 24.6. The fourth-order valence-electron chi connectivity index (χ4n) is 5.33. The number of hydrogen-bond donors (Lipinski definition) is 2. The van der Waals surface area contributed by atoms with Gasteiger partial charge in [-0.2, -0.15) is 5.10 Å². The second-order valence-electron chi connectivity index (χ2n) is 10.7. The van der Waals surface area contributed by atoms with Crippen molar-refractivity contribution in [3.05, 3.63) is 161 Å². The van der Waals surface area contributed by atoms with Crippen molar-refractivity contribution < 1.29 is 9.59 Å². The lowest BCUT2D eigenvalue weighted by atomic mass is 9.94. The Morgan fingerprint density at radius 3 is 2.09 bits per heavy atom. The summed E-state index contributed by atoms with van der Waals surface area (Å²) in [6.45, 7) is 4.35. The Kier molecular flexibility index (Phi) is 8.15. The lowest BCUT2D eigenvalue weighted by Gasteiger charge is -2.14. The van der Waals surface area contributed by atoms with Gasteiger partial charge in [-0.05, 0) is 78.6 Å². The molecule has 1 heterocycles. The minimum Gasteiger partial charge on any atom is -0.348 e. The highest BCUT2D eigenvalue weighted by Crippen LogP contribution is 2.28. The SMILES string of the molecule is Cc1cc(-c2ccccc2)n(-c2ccc(CNC(=O)c3cccc(NC(=O)c4cccc(C)c4-c4ccccc4)c3)cc2)n1. The largest absolute Gasteiger partial charge is 0.348 e. The minimum absolute atomic E-state index is 0.222. The van der Waals surface area contributed by atoms with E-state index in [9.17, 15) is 9.59 Å². The average molecular weight is 577 g/mol. The normalized spacial score (nSPS) is 10.8. The highest BCUT2D eigenvalue weighted by molar-refractivity contribution is 6.09. The summed E-state index contributed by atoms with van der Waals surface area (Å²) in [6, 6.07) is 42.8. The van der Waals surface area contributed by atoms with Gasteiger partial charge in [0.15, 0.2) is 0 Å². The Morgan fingerprint density at radius 1 is 0.682 bits per heavy atom. The molecule has 0 spiro atoms. The molecule has 6 rings (SSSR count). The summed E-state index contributed by atoms with van der Waals surface area (Å²) in [5, 5.41) is 10.7. The summed E-state index contributed by atoms with van der Waals surface area (Å²) < 4.78 is 1.94. The molecule has 0 radical (unpaired) electrons. The number of hydrogen-bond acceptors (Lipinski definition) is 3. The van der Waals surface area contributed by atoms with Crippen LogP contribution in [0.3, 0.4) is 0 Å². The number of aryl methyl sites for hydroxylation is 2. The van der Waals surface area contributed by atoms with E-state index in [4.69, 9.17) is 5.10 Å². The van der Waals surface area contributed by atoms with Gasteiger partial charge in [0.25, 0.3) is 11.8 Å². The van der Waals surface area contributed by atoms with Crippen LogP contribution in [-0.2, 0) is 6.54 Å². The van der Waals surface area contributed by atoms with E-state index in [1.807, 2.05) is 110 Å². The maximum atomic E-state index is 13.4. The van der Waals surface area contributed by atoms with Crippen molar-refractivity contribution in [2.24, 2.45) is 0 Å². The number of benzene rings is 5. The van der Waals surface area contributed by atoms with Crippen molar-refractivity contribution in [3.63, 3.8) is 0 Å². The smallest absolute Gasteiger partial charge is 0.256 e. The molecule has 1 aromatic heterocycles. The first kappa shape index (κ1) is 28.4. The van der Waals surface area contributed by atoms with E-state index in [2.05, 4.69) is 28.8 Å². The molecular weight excluding hydrogens is 544 g/mol. The molecule has 0 aliphatic rings. The Hall–Kier alpha value is -5.75. The maximum absolute atomic E-state index is 13.4. The van der Waals surface area contributed by atoms with E-state index in [0.717, 1.165) is 44.9 Å². The van der Waals surface area contributed by atoms with Crippen LogP contribution in [0.25, 0.3) is 28.1 Å². The van der Waals surface area contributed by atoms with Crippen molar-refractivity contribution in [1.82, 2.24) is 15.1 Å². The van der Waals surface area contributed by atoms with Gasteiger partial charge < -0.3 is 10.6 Å².